The standard InChI is InChI=1S/C45H26GeN3OS.C33H19N4.C29H15N2S2.3Cu/c1-4-14-29(15-5-1)30-24-25-40-36(26-30)39(28-50-40)48-37-22-12-10-20-33(37)35-27-41-42(47-45(35)48)43-44(51-41)34-21-11-13-23-38(34)49(43)46(31-16-6-2-7-17-31)32-18-8-3-9-19-32;1-4-11-28-23(8-1)18-20-35(28)25-16-17-27-26-10-3-6-13-30(26)37(31(27)22-25)33-15-7-14-32(34-33)36-21-19-24-9-2-5-12-29(24)36;1-2-7-19(8-3-1)26-14-13-23-22-11-4-5-12-27(22)31(28(23)30-26)21-10-6-9-20(17-21)25-18-33-29-24(25)15-16-32-29;;;/h1-14,16-25,27-28H;1-11,13-19,21H;1-7,9-14,16,18H;;;/q-2;2*-3;;;+2. The number of hydrogen-bond donors (Lipinski definition) is 0. The molecule has 0 aliphatic carbocycles. The van der Waals surface area contributed by atoms with Crippen LogP contribution in [0, 0.1) is 48.7 Å². The number of aromatic nitrogens is 9. The molecule has 0 saturated carbocycles. The van der Waals surface area contributed by atoms with E-state index < -0.39 is 14.6 Å². The molecule has 13 aromatic heterocycles. The van der Waals surface area contributed by atoms with Crippen LogP contribution in [0.25, 0.3) is 201 Å². The number of pyridine rings is 3. The van der Waals surface area contributed by atoms with Crippen LogP contribution in [0.5, 0.6) is 0 Å². The molecule has 0 spiro atoms. The van der Waals surface area contributed by atoms with E-state index in [1.54, 1.807) is 22.7 Å². The summed E-state index contributed by atoms with van der Waals surface area (Å²) >= 11 is 2.97. The molecule has 26 rings (SSSR count). The molecule has 124 heavy (non-hydrogen) atoms. The number of fused-ring (bicyclic) bond motifs is 18. The molecule has 13 heterocycles. The van der Waals surface area contributed by atoms with Gasteiger partial charge in [0.05, 0.1) is 5.52 Å². The molecule has 4 radical (unpaired) electrons. The maximum Gasteiger partial charge on any atom is 0.135 e. The second-order valence-corrected chi connectivity index (χ2v) is 37.7. The Morgan fingerprint density at radius 3 is 1.81 bits per heavy atom. The number of hydrogen-bond acceptors (Lipinski definition) is 7. The van der Waals surface area contributed by atoms with Crippen molar-refractivity contribution in [3.05, 3.63) is 412 Å². The van der Waals surface area contributed by atoms with E-state index in [0.717, 1.165) is 150 Å². The van der Waals surface area contributed by atoms with Crippen LogP contribution in [-0.4, -0.2) is 55.9 Å². The van der Waals surface area contributed by atoms with Crippen LogP contribution in [0.15, 0.2) is 367 Å². The van der Waals surface area contributed by atoms with Gasteiger partial charge < -0.3 is 18.3 Å². The maximum absolute atomic E-state index is 6.21. The summed E-state index contributed by atoms with van der Waals surface area (Å²) in [7, 11) is 0. The molecule has 13 aromatic carbocycles. The Hall–Kier alpha value is -13.1. The van der Waals surface area contributed by atoms with E-state index in [-0.39, 0.29) is 51.2 Å². The summed E-state index contributed by atoms with van der Waals surface area (Å²) in [6.45, 7) is 0. The van der Waals surface area contributed by atoms with Gasteiger partial charge in [-0.2, -0.15) is 77.3 Å². The van der Waals surface area contributed by atoms with E-state index in [1.165, 1.54) is 60.3 Å². The Morgan fingerprint density at radius 2 is 1.04 bits per heavy atom. The summed E-state index contributed by atoms with van der Waals surface area (Å²) in [5, 5.41) is 16.8. The fraction of sp³-hybridized carbons (Fsp3) is 0. The molecule has 600 valence electrons. The Kier molecular flexibility index (Phi) is 20.5. The van der Waals surface area contributed by atoms with Gasteiger partial charge >= 0.3 is 302 Å². The van der Waals surface area contributed by atoms with Crippen molar-refractivity contribution in [1.29, 1.82) is 0 Å². The van der Waals surface area contributed by atoms with E-state index in [4.69, 9.17) is 19.4 Å². The Bertz CT molecular complexity index is 8490. The van der Waals surface area contributed by atoms with Crippen LogP contribution in [-0.2, 0) is 51.2 Å². The molecule has 0 unspecified atom stereocenters. The minimum absolute atomic E-state index is 0. The SMILES string of the molecule is [Cu+2].[Cu].[Cu].[c-]1cccc2ccn(-c3cccc(-n4c5[c-]c(-n6[c-]cc7ccccc76)ccc5c5ccccc54)n3)c12.[c-]1ccccc1-c1[c-]c2c(-n3c4ccccc4c4cc5sc6c7ccccc7[n]([Ge]([c]7ccccc7)[c]7ccccc7)c6c5nc43)coc2cc1.[c-]1ccccc1-c1ccc2c3ccccc3n(-c3[c-]c(-c4csc5sc[c-]c45)ccc3)c2n1. The molecule has 0 saturated heterocycles. The molecule has 0 amide bonds. The molecular weight excluding hydrogens is 1790 g/mol. The predicted octanol–water partition coefficient (Wildman–Crippen LogP) is 25.8. The van der Waals surface area contributed by atoms with Crippen molar-refractivity contribution in [3.8, 4) is 62.2 Å². The summed E-state index contributed by atoms with van der Waals surface area (Å²) in [5.41, 5.74) is 21.6. The van der Waals surface area contributed by atoms with E-state index in [2.05, 4.69) is 354 Å². The fourth-order valence-electron chi connectivity index (χ4n) is 17.4. The van der Waals surface area contributed by atoms with E-state index >= 15 is 0 Å². The van der Waals surface area contributed by atoms with Gasteiger partial charge in [0.1, 0.15) is 17.3 Å². The van der Waals surface area contributed by atoms with Gasteiger partial charge in [-0.25, -0.2) is 27.7 Å². The first kappa shape index (κ1) is 78.1. The molecule has 0 bridgehead atoms. The van der Waals surface area contributed by atoms with Gasteiger partial charge in [0.15, 0.2) is 0 Å². The zero-order valence-electron chi connectivity index (χ0n) is 65.2. The third-order valence-corrected chi connectivity index (χ3v) is 31.6. The fourth-order valence-corrected chi connectivity index (χ4v) is 26.4. The van der Waals surface area contributed by atoms with Crippen LogP contribution < -0.4 is 8.79 Å². The number of furan rings is 1. The minimum Gasteiger partial charge on any atom is -0.313 e. The predicted molar refractivity (Wildman–Crippen MR) is 501 cm³/mol. The number of para-hydroxylation sites is 6. The first-order valence-electron chi connectivity index (χ1n) is 39.8. The zero-order valence-corrected chi connectivity index (χ0v) is 72.6. The molecule has 0 aliphatic heterocycles. The smallest absolute Gasteiger partial charge is 0.135 e. The Labute approximate surface area is 760 Å². The molecule has 0 aliphatic rings. The Morgan fingerprint density at radius 1 is 0.403 bits per heavy atom. The number of benzene rings is 13. The van der Waals surface area contributed by atoms with Crippen LogP contribution in [0.2, 0.25) is 0 Å². The summed E-state index contributed by atoms with van der Waals surface area (Å²) in [6.07, 6.45) is 7.29. The average Bonchev–Trinajstić information content (AvgIpc) is 1.54. The number of nitrogens with zero attached hydrogens (tertiary/aromatic N) is 9. The second-order valence-electron chi connectivity index (χ2n) is 29.8. The topological polar surface area (TPSA) is 81.4 Å². The molecule has 0 atom stereocenters. The van der Waals surface area contributed by atoms with Gasteiger partial charge in [0.2, 0.25) is 0 Å². The van der Waals surface area contributed by atoms with Crippen molar-refractivity contribution < 1.29 is 55.6 Å². The van der Waals surface area contributed by atoms with E-state index in [0.29, 0.717) is 0 Å². The largest absolute Gasteiger partial charge is 0.313 e. The van der Waals surface area contributed by atoms with Crippen molar-refractivity contribution in [2.45, 2.75) is 0 Å². The van der Waals surface area contributed by atoms with Gasteiger partial charge in [-0.15, -0.1) is 100 Å². The molecule has 17 heteroatoms. The van der Waals surface area contributed by atoms with Gasteiger partial charge in [0.25, 0.3) is 0 Å². The van der Waals surface area contributed by atoms with Gasteiger partial charge in [0, 0.05) is 50.4 Å². The van der Waals surface area contributed by atoms with Crippen molar-refractivity contribution in [1.82, 2.24) is 41.3 Å². The van der Waals surface area contributed by atoms with Gasteiger partial charge in [-0.05, 0) is 51.2 Å². The molecule has 0 fully saturated rings. The third kappa shape index (κ3) is 13.2. The van der Waals surface area contributed by atoms with Gasteiger partial charge in [-0.1, -0.05) is 112 Å². The first-order chi connectivity index (χ1) is 60.0. The molecular formula is C107H60Cu3GeN9OS3-6. The van der Waals surface area contributed by atoms with Crippen LogP contribution in [0.3, 0.4) is 0 Å². The maximum atomic E-state index is 6.21. The number of rotatable bonds is 11. The zero-order chi connectivity index (χ0) is 79.6. The average molecular weight is 1850 g/mol. The van der Waals surface area contributed by atoms with E-state index in [1.807, 2.05) is 95.8 Å². The first-order valence-corrected chi connectivity index (χ1v) is 45.5. The number of thiophene rings is 3. The van der Waals surface area contributed by atoms with Crippen molar-refractivity contribution in [3.63, 3.8) is 0 Å². The minimum atomic E-state index is -2.39. The molecule has 0 N–H and O–H groups in total. The van der Waals surface area contributed by atoms with Crippen LogP contribution >= 0.6 is 34.0 Å². The molecule has 26 aromatic rings. The van der Waals surface area contributed by atoms with Crippen LogP contribution in [0.4, 0.5) is 0 Å². The third-order valence-electron chi connectivity index (χ3n) is 22.9. The van der Waals surface area contributed by atoms with Gasteiger partial charge in [-0.3, -0.25) is 4.98 Å². The monoisotopic (exact) mass is 1850 g/mol. The summed E-state index contributed by atoms with van der Waals surface area (Å²) < 4.78 is 26.3. The normalized spacial score (nSPS) is 11.6. The van der Waals surface area contributed by atoms with E-state index in [9.17, 15) is 0 Å². The van der Waals surface area contributed by atoms with Crippen LogP contribution in [0.1, 0.15) is 0 Å². The summed E-state index contributed by atoms with van der Waals surface area (Å²) in [6, 6.07) is 143. The quantitative estimate of drug-likeness (QED) is 0.0954. The molecule has 10 nitrogen and oxygen atoms in total. The Balaban J connectivity index is 0.000000116. The van der Waals surface area contributed by atoms with Crippen molar-refractivity contribution in [2.75, 3.05) is 0 Å². The van der Waals surface area contributed by atoms with Crippen molar-refractivity contribution in [2.24, 2.45) is 0 Å². The summed E-state index contributed by atoms with van der Waals surface area (Å²) in [5.74, 6) is 1.69. The van der Waals surface area contributed by atoms with Crippen molar-refractivity contribution >= 4 is 197 Å². The second kappa shape index (κ2) is 32.6. The summed E-state index contributed by atoms with van der Waals surface area (Å²) in [4.78, 5) is 15.9.